The van der Waals surface area contributed by atoms with Crippen molar-refractivity contribution in [3.05, 3.63) is 21.6 Å². The number of halogens is 1. The van der Waals surface area contributed by atoms with Crippen molar-refractivity contribution >= 4 is 23.1 Å². The number of aliphatic hydroxyl groups is 1. The van der Waals surface area contributed by atoms with E-state index in [1.807, 2.05) is 0 Å². The molecule has 1 rings (SSSR count). The molecule has 100 valence electrons. The van der Waals surface area contributed by atoms with Crippen LogP contribution in [0, 0.1) is 10.1 Å². The summed E-state index contributed by atoms with van der Waals surface area (Å²) in [7, 11) is 0. The van der Waals surface area contributed by atoms with Crippen molar-refractivity contribution in [1.29, 1.82) is 0 Å². The molecule has 1 heterocycles. The van der Waals surface area contributed by atoms with Crippen molar-refractivity contribution in [3.8, 4) is 0 Å². The van der Waals surface area contributed by atoms with Gasteiger partial charge in [0.25, 0.3) is 0 Å². The third-order valence-corrected chi connectivity index (χ3v) is 3.20. The Morgan fingerprint density at radius 3 is 2.39 bits per heavy atom. The summed E-state index contributed by atoms with van der Waals surface area (Å²) in [5.74, 6) is -0.0212. The molecule has 0 aromatic carbocycles. The van der Waals surface area contributed by atoms with Crippen LogP contribution in [0.3, 0.4) is 0 Å². The number of hydrogen-bond donors (Lipinski definition) is 2. The van der Waals surface area contributed by atoms with Crippen LogP contribution in [-0.2, 0) is 0 Å². The van der Waals surface area contributed by atoms with Crippen LogP contribution in [0.25, 0.3) is 0 Å². The number of nitrogens with zero attached hydrogens (tertiary/aromatic N) is 3. The normalized spacial score (nSPS) is 12.3. The largest absolute Gasteiger partial charge is 0.388 e. The lowest BCUT2D eigenvalue weighted by atomic mass is 9.86. The van der Waals surface area contributed by atoms with Gasteiger partial charge in [0, 0.05) is 0 Å². The van der Waals surface area contributed by atoms with Gasteiger partial charge in [0.2, 0.25) is 11.0 Å². The van der Waals surface area contributed by atoms with Crippen molar-refractivity contribution in [2.75, 3.05) is 5.32 Å². The monoisotopic (exact) mass is 274 g/mol. The summed E-state index contributed by atoms with van der Waals surface area (Å²) in [6, 6.07) is 0. The van der Waals surface area contributed by atoms with E-state index in [4.69, 9.17) is 11.6 Å². The fourth-order valence-electron chi connectivity index (χ4n) is 1.06. The molecule has 2 N–H and O–H groups in total. The Labute approximate surface area is 109 Å². The Bertz CT molecular complexity index is 471. The Morgan fingerprint density at radius 1 is 1.39 bits per heavy atom. The highest BCUT2D eigenvalue weighted by Crippen LogP contribution is 2.33. The average Bonchev–Trinajstić information content (AvgIpc) is 2.14. The molecule has 0 bridgehead atoms. The van der Waals surface area contributed by atoms with Gasteiger partial charge in [-0.1, -0.05) is 11.6 Å². The highest BCUT2D eigenvalue weighted by Gasteiger charge is 2.37. The van der Waals surface area contributed by atoms with Crippen LogP contribution in [-0.4, -0.2) is 31.1 Å². The molecule has 0 atom stereocenters. The predicted octanol–water partition coefficient (Wildman–Crippen LogP) is 2.00. The highest BCUT2D eigenvalue weighted by molar-refractivity contribution is 6.31. The van der Waals surface area contributed by atoms with Gasteiger partial charge in [-0.05, 0) is 27.7 Å². The summed E-state index contributed by atoms with van der Waals surface area (Å²) in [6.45, 7) is 6.59. The first-order chi connectivity index (χ1) is 8.06. The molecule has 0 spiro atoms. The standard InChI is InChI=1S/C10H15ClN4O3/c1-9(2,10(3,4)16)14-8-6(15(17)18)7(11)12-5-13-8/h5,16H,1-4H3,(H,12,13,14). The molecule has 1 aromatic heterocycles. The van der Waals surface area contributed by atoms with Crippen molar-refractivity contribution in [2.45, 2.75) is 38.8 Å². The molecule has 1 aromatic rings. The lowest BCUT2D eigenvalue weighted by molar-refractivity contribution is -0.384. The third kappa shape index (κ3) is 2.85. The molecular formula is C10H15ClN4O3. The molecule has 0 saturated heterocycles. The summed E-state index contributed by atoms with van der Waals surface area (Å²) < 4.78 is 0. The van der Waals surface area contributed by atoms with Gasteiger partial charge in [-0.15, -0.1) is 0 Å². The second-order valence-electron chi connectivity index (χ2n) is 4.93. The molecule has 0 aliphatic heterocycles. The van der Waals surface area contributed by atoms with Crippen LogP contribution in [0.2, 0.25) is 5.15 Å². The van der Waals surface area contributed by atoms with E-state index in [1.165, 1.54) is 0 Å². The zero-order chi connectivity index (χ0) is 14.1. The molecule has 18 heavy (non-hydrogen) atoms. The molecule has 0 fully saturated rings. The van der Waals surface area contributed by atoms with Crippen LogP contribution in [0.1, 0.15) is 27.7 Å². The zero-order valence-corrected chi connectivity index (χ0v) is 11.3. The smallest absolute Gasteiger partial charge is 0.348 e. The summed E-state index contributed by atoms with van der Waals surface area (Å²) in [5, 5.41) is 23.5. The van der Waals surface area contributed by atoms with E-state index in [0.717, 1.165) is 6.33 Å². The van der Waals surface area contributed by atoms with Gasteiger partial charge in [-0.2, -0.15) is 0 Å². The number of anilines is 1. The van der Waals surface area contributed by atoms with Gasteiger partial charge in [0.05, 0.1) is 16.1 Å². The minimum atomic E-state index is -1.11. The van der Waals surface area contributed by atoms with E-state index in [2.05, 4.69) is 15.3 Å². The minimum Gasteiger partial charge on any atom is -0.388 e. The third-order valence-electron chi connectivity index (χ3n) is 2.92. The molecule has 7 nitrogen and oxygen atoms in total. The second-order valence-corrected chi connectivity index (χ2v) is 5.29. The van der Waals surface area contributed by atoms with Gasteiger partial charge >= 0.3 is 5.69 Å². The lowest BCUT2D eigenvalue weighted by Crippen LogP contribution is -2.51. The Hall–Kier alpha value is -1.47. The van der Waals surface area contributed by atoms with E-state index in [-0.39, 0.29) is 11.0 Å². The number of hydrogen-bond acceptors (Lipinski definition) is 6. The Morgan fingerprint density at radius 2 is 1.94 bits per heavy atom. The van der Waals surface area contributed by atoms with Crippen LogP contribution in [0.15, 0.2) is 6.33 Å². The quantitative estimate of drug-likeness (QED) is 0.495. The first-order valence-corrected chi connectivity index (χ1v) is 5.59. The molecule has 0 saturated carbocycles. The highest BCUT2D eigenvalue weighted by atomic mass is 35.5. The van der Waals surface area contributed by atoms with Gasteiger partial charge in [-0.3, -0.25) is 10.1 Å². The van der Waals surface area contributed by atoms with Gasteiger partial charge < -0.3 is 10.4 Å². The topological polar surface area (TPSA) is 101 Å². The van der Waals surface area contributed by atoms with Crippen LogP contribution in [0.4, 0.5) is 11.5 Å². The summed E-state index contributed by atoms with van der Waals surface area (Å²) >= 11 is 5.67. The number of rotatable bonds is 4. The first-order valence-electron chi connectivity index (χ1n) is 5.21. The fourth-order valence-corrected chi connectivity index (χ4v) is 1.26. The molecule has 0 radical (unpaired) electrons. The maximum absolute atomic E-state index is 10.9. The van der Waals surface area contributed by atoms with E-state index in [0.29, 0.717) is 0 Å². The maximum atomic E-state index is 10.9. The van der Waals surface area contributed by atoms with E-state index >= 15 is 0 Å². The van der Waals surface area contributed by atoms with Gasteiger partial charge in [0.1, 0.15) is 6.33 Å². The average molecular weight is 275 g/mol. The molecular weight excluding hydrogens is 260 g/mol. The van der Waals surface area contributed by atoms with Crippen LogP contribution < -0.4 is 5.32 Å². The van der Waals surface area contributed by atoms with E-state index in [9.17, 15) is 15.2 Å². The van der Waals surface area contributed by atoms with Crippen molar-refractivity contribution < 1.29 is 10.0 Å². The Balaban J connectivity index is 3.21. The van der Waals surface area contributed by atoms with Crippen LogP contribution >= 0.6 is 11.6 Å². The summed E-state index contributed by atoms with van der Waals surface area (Å²) in [5.41, 5.74) is -2.36. The predicted molar refractivity (Wildman–Crippen MR) is 67.7 cm³/mol. The van der Waals surface area contributed by atoms with Gasteiger partial charge in [-0.25, -0.2) is 9.97 Å². The lowest BCUT2D eigenvalue weighted by Gasteiger charge is -2.38. The molecule has 8 heteroatoms. The van der Waals surface area contributed by atoms with Crippen LogP contribution in [0.5, 0.6) is 0 Å². The number of nitro groups is 1. The molecule has 0 aliphatic rings. The number of nitrogens with one attached hydrogen (secondary N) is 1. The Kier molecular flexibility index (Phi) is 3.78. The summed E-state index contributed by atoms with van der Waals surface area (Å²) in [6.07, 6.45) is 1.12. The molecule has 0 unspecified atom stereocenters. The first kappa shape index (κ1) is 14.6. The van der Waals surface area contributed by atoms with Gasteiger partial charge in [0.15, 0.2) is 0 Å². The number of aromatic nitrogens is 2. The second kappa shape index (κ2) is 4.66. The van der Waals surface area contributed by atoms with E-state index < -0.39 is 21.8 Å². The molecule has 0 amide bonds. The zero-order valence-electron chi connectivity index (χ0n) is 10.6. The van der Waals surface area contributed by atoms with Crippen molar-refractivity contribution in [3.63, 3.8) is 0 Å². The fraction of sp³-hybridized carbons (Fsp3) is 0.600. The SMILES string of the molecule is CC(C)(O)C(C)(C)Nc1ncnc(Cl)c1[N+](=O)[O-]. The van der Waals surface area contributed by atoms with E-state index in [1.54, 1.807) is 27.7 Å². The summed E-state index contributed by atoms with van der Waals surface area (Å²) in [4.78, 5) is 17.6. The van der Waals surface area contributed by atoms with Crippen molar-refractivity contribution in [2.24, 2.45) is 0 Å². The van der Waals surface area contributed by atoms with Crippen molar-refractivity contribution in [1.82, 2.24) is 9.97 Å². The minimum absolute atomic E-state index is 0.0212. The maximum Gasteiger partial charge on any atom is 0.348 e. The molecule has 0 aliphatic carbocycles.